The molecule has 184 valence electrons. The Bertz CT molecular complexity index is 1330. The minimum Gasteiger partial charge on any atom is -0.471 e. The molecule has 0 radical (unpaired) electrons. The van der Waals surface area contributed by atoms with Gasteiger partial charge >= 0.3 is 5.63 Å². The number of pyridine rings is 1. The number of aromatic amines is 1. The van der Waals surface area contributed by atoms with Gasteiger partial charge in [0.25, 0.3) is 0 Å². The third-order valence-electron chi connectivity index (χ3n) is 6.68. The lowest BCUT2D eigenvalue weighted by molar-refractivity contribution is 0.0742. The van der Waals surface area contributed by atoms with Crippen LogP contribution < -0.4 is 20.6 Å². The van der Waals surface area contributed by atoms with Crippen molar-refractivity contribution in [1.82, 2.24) is 15.3 Å². The number of fused-ring (bicyclic) bond motifs is 2. The number of aliphatic imine (C=N–C) groups is 1. The van der Waals surface area contributed by atoms with Gasteiger partial charge in [0.2, 0.25) is 5.88 Å². The highest BCUT2D eigenvalue weighted by molar-refractivity contribution is 5.92. The largest absolute Gasteiger partial charge is 0.471 e. The number of aliphatic hydroxyl groups is 1. The second-order valence-electron chi connectivity index (χ2n) is 8.91. The smallest absolute Gasteiger partial charge is 0.345 e. The van der Waals surface area contributed by atoms with Crippen molar-refractivity contribution in [3.05, 3.63) is 52.1 Å². The maximum atomic E-state index is 13.8. The first-order chi connectivity index (χ1) is 17.0. The zero-order chi connectivity index (χ0) is 24.5. The van der Waals surface area contributed by atoms with Crippen LogP contribution in [0.2, 0.25) is 0 Å². The second-order valence-corrected chi connectivity index (χ2v) is 8.91. The molecular formula is C25H28FN5O4. The number of nitrogens with zero attached hydrogens (tertiary/aromatic N) is 3. The van der Waals surface area contributed by atoms with E-state index in [1.54, 1.807) is 18.2 Å². The lowest BCUT2D eigenvalue weighted by atomic mass is 9.89. The number of allylic oxidation sites excluding steroid dienone is 1. The van der Waals surface area contributed by atoms with E-state index in [0.717, 1.165) is 37.6 Å². The summed E-state index contributed by atoms with van der Waals surface area (Å²) in [6.45, 7) is 6.11. The van der Waals surface area contributed by atoms with Crippen LogP contribution in [0.3, 0.4) is 0 Å². The quantitative estimate of drug-likeness (QED) is 0.460. The highest BCUT2D eigenvalue weighted by Gasteiger charge is 2.35. The summed E-state index contributed by atoms with van der Waals surface area (Å²) in [5.41, 5.74) is 2.07. The summed E-state index contributed by atoms with van der Waals surface area (Å²) in [4.78, 5) is 25.6. The summed E-state index contributed by atoms with van der Waals surface area (Å²) in [7, 11) is 0. The molecule has 1 atom stereocenters. The maximum absolute atomic E-state index is 13.8. The molecule has 2 aliphatic rings. The molecular weight excluding hydrogens is 453 g/mol. The number of hydrogen-bond acceptors (Lipinski definition) is 8. The highest BCUT2D eigenvalue weighted by atomic mass is 19.1. The predicted octanol–water partition coefficient (Wildman–Crippen LogP) is 3.64. The topological polar surface area (TPSA) is 116 Å². The standard InChI is InChI=1S/C25H28FN5O4/c1-3-4-20-23(27-2)22-18(25(33)35-20)10-16(30-22)12-28-15-5-7-17(8-6-15)31-19-9-14(26)11-29-24(19)34-13-21(31)32/h3-4,9-11,15,17,21,28,30,32H,2,5-8,12-13H2,1H3/b4-3-/t15-,17-,21?. The Labute approximate surface area is 201 Å². The van der Waals surface area contributed by atoms with Crippen LogP contribution in [0.5, 0.6) is 5.88 Å². The predicted molar refractivity (Wildman–Crippen MR) is 132 cm³/mol. The fourth-order valence-corrected chi connectivity index (χ4v) is 5.06. The second kappa shape index (κ2) is 9.63. The van der Waals surface area contributed by atoms with E-state index in [2.05, 4.69) is 27.0 Å². The molecule has 3 N–H and O–H groups in total. The van der Waals surface area contributed by atoms with E-state index < -0.39 is 17.7 Å². The average molecular weight is 482 g/mol. The number of aromatic nitrogens is 2. The van der Waals surface area contributed by atoms with E-state index in [9.17, 15) is 14.3 Å². The van der Waals surface area contributed by atoms with Crippen molar-refractivity contribution in [2.45, 2.75) is 57.5 Å². The third kappa shape index (κ3) is 4.46. The van der Waals surface area contributed by atoms with Crippen molar-refractivity contribution in [3.8, 4) is 5.88 Å². The number of ether oxygens (including phenoxy) is 1. The summed E-state index contributed by atoms with van der Waals surface area (Å²) in [6, 6.07) is 3.50. The molecule has 1 aliphatic carbocycles. The van der Waals surface area contributed by atoms with Gasteiger partial charge in [0.05, 0.1) is 17.1 Å². The van der Waals surface area contributed by atoms with Crippen LogP contribution in [0.25, 0.3) is 17.0 Å². The number of halogens is 1. The Hall–Kier alpha value is -3.50. The van der Waals surface area contributed by atoms with E-state index in [-0.39, 0.29) is 18.7 Å². The summed E-state index contributed by atoms with van der Waals surface area (Å²) >= 11 is 0. The van der Waals surface area contributed by atoms with Gasteiger partial charge in [-0.3, -0.25) is 4.99 Å². The Morgan fingerprint density at radius 2 is 2.17 bits per heavy atom. The van der Waals surface area contributed by atoms with Crippen LogP contribution >= 0.6 is 0 Å². The molecule has 5 rings (SSSR count). The molecule has 0 bridgehead atoms. The van der Waals surface area contributed by atoms with E-state index in [1.165, 1.54) is 6.07 Å². The third-order valence-corrected chi connectivity index (χ3v) is 6.68. The van der Waals surface area contributed by atoms with Gasteiger partial charge in [0.1, 0.15) is 23.8 Å². The minimum atomic E-state index is -0.834. The van der Waals surface area contributed by atoms with E-state index >= 15 is 0 Å². The minimum absolute atomic E-state index is 0.0678. The van der Waals surface area contributed by atoms with Crippen molar-refractivity contribution >= 4 is 35.1 Å². The summed E-state index contributed by atoms with van der Waals surface area (Å²) < 4.78 is 24.7. The van der Waals surface area contributed by atoms with Gasteiger partial charge in [0, 0.05) is 30.4 Å². The Morgan fingerprint density at radius 3 is 2.91 bits per heavy atom. The molecule has 0 saturated heterocycles. The summed E-state index contributed by atoms with van der Waals surface area (Å²) in [5.74, 6) is 0.273. The first-order valence-electron chi connectivity index (χ1n) is 11.7. The summed E-state index contributed by atoms with van der Waals surface area (Å²) in [5, 5.41) is 14.5. The van der Waals surface area contributed by atoms with Crippen molar-refractivity contribution in [1.29, 1.82) is 0 Å². The number of anilines is 1. The lowest BCUT2D eigenvalue weighted by Gasteiger charge is -2.43. The van der Waals surface area contributed by atoms with Crippen LogP contribution in [-0.4, -0.2) is 46.7 Å². The fourth-order valence-electron chi connectivity index (χ4n) is 5.06. The molecule has 0 spiro atoms. The summed E-state index contributed by atoms with van der Waals surface area (Å²) in [6.07, 6.45) is 7.20. The Morgan fingerprint density at radius 1 is 1.37 bits per heavy atom. The van der Waals surface area contributed by atoms with Gasteiger partial charge in [-0.15, -0.1) is 0 Å². The zero-order valence-electron chi connectivity index (χ0n) is 19.5. The average Bonchev–Trinajstić information content (AvgIpc) is 3.28. The van der Waals surface area contributed by atoms with Gasteiger partial charge in [-0.05, 0) is 51.5 Å². The molecule has 1 aliphatic heterocycles. The van der Waals surface area contributed by atoms with Crippen molar-refractivity contribution < 1.29 is 18.7 Å². The number of H-pyrrole nitrogens is 1. The molecule has 35 heavy (non-hydrogen) atoms. The number of rotatable bonds is 6. The molecule has 0 aromatic carbocycles. The fraction of sp³-hybridized carbons (Fsp3) is 0.400. The molecule has 3 aromatic heterocycles. The first-order valence-corrected chi connectivity index (χ1v) is 11.7. The molecule has 1 saturated carbocycles. The van der Waals surface area contributed by atoms with E-state index in [1.807, 2.05) is 11.8 Å². The molecule has 4 heterocycles. The Kier molecular flexibility index (Phi) is 6.40. The monoisotopic (exact) mass is 481 g/mol. The van der Waals surface area contributed by atoms with Crippen LogP contribution in [-0.2, 0) is 6.54 Å². The molecule has 3 aromatic rings. The normalized spacial score (nSPS) is 22.4. The lowest BCUT2D eigenvalue weighted by Crippen LogP contribution is -2.51. The highest BCUT2D eigenvalue weighted by Crippen LogP contribution is 2.37. The van der Waals surface area contributed by atoms with Gasteiger partial charge in [-0.1, -0.05) is 6.08 Å². The van der Waals surface area contributed by atoms with Gasteiger partial charge in [-0.2, -0.15) is 0 Å². The van der Waals surface area contributed by atoms with Crippen LogP contribution in [0.1, 0.15) is 44.1 Å². The zero-order valence-corrected chi connectivity index (χ0v) is 19.5. The first kappa shape index (κ1) is 23.3. The SMILES string of the molecule is C=Nc1c(/C=C\C)oc(=O)c2cc(CN[C@H]3CC[C@H](N4c5cc(F)cnc5OCC4O)CC3)[nH]c12. The van der Waals surface area contributed by atoms with Crippen LogP contribution in [0.4, 0.5) is 15.8 Å². The maximum Gasteiger partial charge on any atom is 0.345 e. The van der Waals surface area contributed by atoms with Gasteiger partial charge < -0.3 is 29.5 Å². The van der Waals surface area contributed by atoms with E-state index in [0.29, 0.717) is 40.5 Å². The number of hydrogen-bond donors (Lipinski definition) is 3. The van der Waals surface area contributed by atoms with Crippen molar-refractivity contribution in [2.24, 2.45) is 4.99 Å². The molecule has 9 nitrogen and oxygen atoms in total. The van der Waals surface area contributed by atoms with Gasteiger partial charge in [0.15, 0.2) is 12.0 Å². The van der Waals surface area contributed by atoms with Crippen molar-refractivity contribution in [3.63, 3.8) is 0 Å². The van der Waals surface area contributed by atoms with Crippen molar-refractivity contribution in [2.75, 3.05) is 11.5 Å². The Balaban J connectivity index is 1.25. The van der Waals surface area contributed by atoms with Gasteiger partial charge in [-0.25, -0.2) is 14.2 Å². The molecule has 1 fully saturated rings. The molecule has 0 amide bonds. The van der Waals surface area contributed by atoms with E-state index in [4.69, 9.17) is 9.15 Å². The molecule has 10 heteroatoms. The number of nitrogens with one attached hydrogen (secondary N) is 2. The number of aliphatic hydroxyl groups excluding tert-OH is 1. The molecule has 1 unspecified atom stereocenters. The van der Waals surface area contributed by atoms with Crippen LogP contribution in [0, 0.1) is 5.82 Å². The van der Waals surface area contributed by atoms with Crippen LogP contribution in [0.15, 0.2) is 38.6 Å².